The second-order valence-corrected chi connectivity index (χ2v) is 6.61. The van der Waals surface area contributed by atoms with Crippen molar-refractivity contribution in [1.29, 1.82) is 0 Å². The van der Waals surface area contributed by atoms with Crippen molar-refractivity contribution in [3.63, 3.8) is 0 Å². The molecule has 1 fully saturated rings. The smallest absolute Gasteiger partial charge is 0.236 e. The molecule has 0 saturated carbocycles. The van der Waals surface area contributed by atoms with Gasteiger partial charge in [-0.05, 0) is 63.8 Å². The molecule has 1 aliphatic heterocycles. The van der Waals surface area contributed by atoms with Crippen LogP contribution in [0.25, 0.3) is 0 Å². The molecule has 0 spiro atoms. The molecule has 5 nitrogen and oxygen atoms in total. The number of nitrogens with one attached hydrogen (secondary N) is 1. The summed E-state index contributed by atoms with van der Waals surface area (Å²) >= 11 is 0. The van der Waals surface area contributed by atoms with Crippen molar-refractivity contribution in [3.05, 3.63) is 36.0 Å². The highest BCUT2D eigenvalue weighted by atomic mass is 16.5. The predicted octanol–water partition coefficient (Wildman–Crippen LogP) is 3.72. The molecule has 1 N–H and O–H groups in total. The number of carbonyl (C=O) groups is 2. The lowest BCUT2D eigenvalue weighted by atomic mass is 9.69. The fraction of sp³-hybridized carbons (Fsp3) is 0.500. The van der Waals surface area contributed by atoms with E-state index in [0.29, 0.717) is 26.0 Å². The zero-order valence-electron chi connectivity index (χ0n) is 15.0. The largest absolute Gasteiger partial charge is 0.494 e. The van der Waals surface area contributed by atoms with Gasteiger partial charge in [0.25, 0.3) is 0 Å². The summed E-state index contributed by atoms with van der Waals surface area (Å²) in [6.45, 7) is 5.13. The van der Waals surface area contributed by atoms with Crippen LogP contribution >= 0.6 is 0 Å². The first-order chi connectivity index (χ1) is 12.1. The topological polar surface area (TPSA) is 58.6 Å². The molecule has 1 unspecified atom stereocenters. The molecule has 1 heterocycles. The van der Waals surface area contributed by atoms with Crippen LogP contribution in [0.2, 0.25) is 0 Å². The van der Waals surface area contributed by atoms with Crippen LogP contribution in [-0.2, 0) is 9.59 Å². The fourth-order valence-corrected chi connectivity index (χ4v) is 3.92. The van der Waals surface area contributed by atoms with Gasteiger partial charge in [0.05, 0.1) is 12.0 Å². The number of piperidine rings is 1. The average Bonchev–Trinajstić information content (AvgIpc) is 2.63. The highest BCUT2D eigenvalue weighted by Crippen LogP contribution is 2.47. The van der Waals surface area contributed by atoms with Crippen LogP contribution in [0.5, 0.6) is 5.75 Å². The van der Waals surface area contributed by atoms with Crippen molar-refractivity contribution in [3.8, 4) is 5.75 Å². The third-order valence-corrected chi connectivity index (χ3v) is 5.17. The molecule has 5 heteroatoms. The number of amides is 2. The number of carbonyl (C=O) groups excluding carboxylic acids is 2. The van der Waals surface area contributed by atoms with E-state index in [0.717, 1.165) is 36.4 Å². The van der Waals surface area contributed by atoms with E-state index in [1.54, 1.807) is 4.90 Å². The van der Waals surface area contributed by atoms with E-state index >= 15 is 0 Å². The number of rotatable bonds is 5. The summed E-state index contributed by atoms with van der Waals surface area (Å²) < 4.78 is 5.44. The van der Waals surface area contributed by atoms with Crippen molar-refractivity contribution in [2.24, 2.45) is 5.41 Å². The first-order valence-electron chi connectivity index (χ1n) is 9.16. The van der Waals surface area contributed by atoms with E-state index in [1.807, 2.05) is 38.1 Å². The lowest BCUT2D eigenvalue weighted by Gasteiger charge is -2.45. The van der Waals surface area contributed by atoms with Gasteiger partial charge in [0.2, 0.25) is 11.8 Å². The maximum Gasteiger partial charge on any atom is 0.236 e. The number of ether oxygens (including phenoxy) is 1. The number of allylic oxidation sites excluding steroid dienone is 1. The molecule has 3 rings (SSSR count). The van der Waals surface area contributed by atoms with Gasteiger partial charge in [0, 0.05) is 24.4 Å². The average molecular weight is 342 g/mol. The summed E-state index contributed by atoms with van der Waals surface area (Å²) in [6.07, 6.45) is 5.81. The quantitative estimate of drug-likeness (QED) is 0.887. The molecule has 25 heavy (non-hydrogen) atoms. The molecular weight excluding hydrogens is 316 g/mol. The van der Waals surface area contributed by atoms with Crippen LogP contribution in [0.15, 0.2) is 36.0 Å². The minimum atomic E-state index is -0.583. The number of likely N-dealkylation sites (tertiary alicyclic amines) is 1. The van der Waals surface area contributed by atoms with Crippen LogP contribution in [0.4, 0.5) is 5.69 Å². The normalized spacial score (nSPS) is 22.9. The summed E-state index contributed by atoms with van der Waals surface area (Å²) in [7, 11) is 0. The number of anilines is 1. The fourth-order valence-electron chi connectivity index (χ4n) is 3.92. The standard InChI is InChI=1S/C20H26N2O3/c1-3-22-17-7-5-6-13-20(17,14-12-18(22)23)19(24)21-15-8-10-16(11-9-15)25-4-2/h7-11H,3-6,12-14H2,1-2H3,(H,21,24). The number of benzene rings is 1. The Hall–Kier alpha value is -2.30. The molecule has 2 amide bonds. The molecule has 2 aliphatic rings. The zero-order valence-corrected chi connectivity index (χ0v) is 15.0. The Labute approximate surface area is 149 Å². The van der Waals surface area contributed by atoms with Gasteiger partial charge in [0.15, 0.2) is 0 Å². The van der Waals surface area contributed by atoms with Crippen molar-refractivity contribution in [2.45, 2.75) is 46.0 Å². The molecule has 1 saturated heterocycles. The van der Waals surface area contributed by atoms with Crippen LogP contribution in [0.3, 0.4) is 0 Å². The van der Waals surface area contributed by atoms with Gasteiger partial charge < -0.3 is 15.0 Å². The summed E-state index contributed by atoms with van der Waals surface area (Å²) in [4.78, 5) is 27.2. The first-order valence-corrected chi connectivity index (χ1v) is 9.16. The Morgan fingerprint density at radius 3 is 2.68 bits per heavy atom. The number of nitrogens with zero attached hydrogens (tertiary/aromatic N) is 1. The van der Waals surface area contributed by atoms with Gasteiger partial charge in [-0.3, -0.25) is 9.59 Å². The second-order valence-electron chi connectivity index (χ2n) is 6.61. The van der Waals surface area contributed by atoms with Gasteiger partial charge >= 0.3 is 0 Å². The molecular formula is C20H26N2O3. The van der Waals surface area contributed by atoms with Crippen LogP contribution in [0, 0.1) is 5.41 Å². The third-order valence-electron chi connectivity index (χ3n) is 5.17. The Morgan fingerprint density at radius 2 is 2.00 bits per heavy atom. The Morgan fingerprint density at radius 1 is 1.24 bits per heavy atom. The highest BCUT2D eigenvalue weighted by Gasteiger charge is 2.49. The number of fused-ring (bicyclic) bond motifs is 1. The van der Waals surface area contributed by atoms with Crippen molar-refractivity contribution < 1.29 is 14.3 Å². The van der Waals surface area contributed by atoms with E-state index in [9.17, 15) is 9.59 Å². The summed E-state index contributed by atoms with van der Waals surface area (Å²) in [5.41, 5.74) is 1.08. The van der Waals surface area contributed by atoms with E-state index in [4.69, 9.17) is 4.74 Å². The number of hydrogen-bond donors (Lipinski definition) is 1. The lowest BCUT2D eigenvalue weighted by molar-refractivity contribution is -0.138. The molecule has 1 aromatic rings. The zero-order chi connectivity index (χ0) is 17.9. The molecule has 134 valence electrons. The Bertz CT molecular complexity index is 681. The van der Waals surface area contributed by atoms with Gasteiger partial charge in [0.1, 0.15) is 5.75 Å². The Kier molecular flexibility index (Phi) is 5.11. The maximum absolute atomic E-state index is 13.2. The monoisotopic (exact) mass is 342 g/mol. The SMILES string of the molecule is CCOc1ccc(NC(=O)C23CCCC=C2N(CC)C(=O)CC3)cc1. The van der Waals surface area contributed by atoms with Crippen molar-refractivity contribution in [2.75, 3.05) is 18.5 Å². The first kappa shape index (κ1) is 17.5. The van der Waals surface area contributed by atoms with Crippen molar-refractivity contribution in [1.82, 2.24) is 4.90 Å². The minimum Gasteiger partial charge on any atom is -0.494 e. The van der Waals surface area contributed by atoms with Gasteiger partial charge in [-0.15, -0.1) is 0 Å². The van der Waals surface area contributed by atoms with E-state index in [-0.39, 0.29) is 11.8 Å². The van der Waals surface area contributed by atoms with Crippen LogP contribution < -0.4 is 10.1 Å². The van der Waals surface area contributed by atoms with Gasteiger partial charge in [-0.2, -0.15) is 0 Å². The third kappa shape index (κ3) is 3.28. The summed E-state index contributed by atoms with van der Waals surface area (Å²) in [5, 5.41) is 3.06. The lowest BCUT2D eigenvalue weighted by Crippen LogP contribution is -2.51. The summed E-state index contributed by atoms with van der Waals surface area (Å²) in [6, 6.07) is 7.43. The summed E-state index contributed by atoms with van der Waals surface area (Å²) in [5.74, 6) is 0.908. The van der Waals surface area contributed by atoms with Gasteiger partial charge in [-0.25, -0.2) is 0 Å². The highest BCUT2D eigenvalue weighted by molar-refractivity contribution is 5.99. The molecule has 0 bridgehead atoms. The number of hydrogen-bond acceptors (Lipinski definition) is 3. The maximum atomic E-state index is 13.2. The van der Waals surface area contributed by atoms with Crippen LogP contribution in [-0.4, -0.2) is 29.9 Å². The van der Waals surface area contributed by atoms with E-state index in [2.05, 4.69) is 11.4 Å². The minimum absolute atomic E-state index is 0.00596. The molecule has 1 atom stereocenters. The second kappa shape index (κ2) is 7.30. The van der Waals surface area contributed by atoms with E-state index in [1.165, 1.54) is 0 Å². The molecule has 1 aromatic carbocycles. The van der Waals surface area contributed by atoms with E-state index < -0.39 is 5.41 Å². The molecule has 0 radical (unpaired) electrons. The van der Waals surface area contributed by atoms with Gasteiger partial charge in [-0.1, -0.05) is 6.08 Å². The Balaban J connectivity index is 1.82. The molecule has 1 aliphatic carbocycles. The van der Waals surface area contributed by atoms with Crippen LogP contribution in [0.1, 0.15) is 46.0 Å². The predicted molar refractivity (Wildman–Crippen MR) is 97.2 cm³/mol. The molecule has 0 aromatic heterocycles. The van der Waals surface area contributed by atoms with Crippen molar-refractivity contribution >= 4 is 17.5 Å².